The van der Waals surface area contributed by atoms with Crippen LogP contribution in [0.15, 0.2) is 24.3 Å². The van der Waals surface area contributed by atoms with Crippen LogP contribution in [0, 0.1) is 0 Å². The van der Waals surface area contributed by atoms with E-state index in [-0.39, 0.29) is 25.3 Å². The minimum absolute atomic E-state index is 0.106. The lowest BCUT2D eigenvalue weighted by Gasteiger charge is -2.33. The van der Waals surface area contributed by atoms with Crippen molar-refractivity contribution in [1.82, 2.24) is 0 Å². The third kappa shape index (κ3) is 13.4. The summed E-state index contributed by atoms with van der Waals surface area (Å²) in [6, 6.07) is 7.26. The number of hydrogen-bond acceptors (Lipinski definition) is 9. The van der Waals surface area contributed by atoms with Gasteiger partial charge in [-0.1, -0.05) is 62.6 Å². The highest BCUT2D eigenvalue weighted by molar-refractivity contribution is 7.95. The number of alkyl halides is 9. The Morgan fingerprint density at radius 1 is 0.800 bits per heavy atom. The minimum atomic E-state index is -7.10. The SMILES string of the molecule is CCCCCCCCCc1ccc(OCCOC(=O)CC(SOOO)C(=O)OCCC(F)(F)C(F)(F)C(F)(F)C(F)(F)F)cc1. The number of unbranched alkanes of at least 4 members (excludes halogenated alkanes) is 6. The van der Waals surface area contributed by atoms with Crippen molar-refractivity contribution in [3.05, 3.63) is 29.8 Å². The molecule has 0 amide bonds. The van der Waals surface area contributed by atoms with Crippen molar-refractivity contribution < 1.29 is 77.9 Å². The lowest BCUT2D eigenvalue weighted by Crippen LogP contribution is -2.61. The second kappa shape index (κ2) is 19.3. The summed E-state index contributed by atoms with van der Waals surface area (Å²) in [7, 11) is 0. The molecule has 18 heteroatoms. The molecule has 1 atom stereocenters. The number of halogens is 9. The van der Waals surface area contributed by atoms with Gasteiger partial charge in [-0.2, -0.15) is 39.5 Å². The fourth-order valence-corrected chi connectivity index (χ4v) is 4.20. The fraction of sp³-hybridized carbons (Fsp3) is 0.704. The van der Waals surface area contributed by atoms with Gasteiger partial charge >= 0.3 is 35.9 Å². The molecule has 0 fully saturated rings. The number of esters is 2. The summed E-state index contributed by atoms with van der Waals surface area (Å²) >= 11 is -0.106. The molecule has 0 aliphatic rings. The first kappa shape index (κ1) is 40.6. The summed E-state index contributed by atoms with van der Waals surface area (Å²) in [4.78, 5) is 24.2. The molecule has 0 spiro atoms. The summed E-state index contributed by atoms with van der Waals surface area (Å²) < 4.78 is 135. The summed E-state index contributed by atoms with van der Waals surface area (Å²) in [5.41, 5.74) is 1.13. The van der Waals surface area contributed by atoms with Crippen molar-refractivity contribution in [3.63, 3.8) is 0 Å². The van der Waals surface area contributed by atoms with Crippen molar-refractivity contribution in [3.8, 4) is 5.75 Å². The molecule has 0 aliphatic heterocycles. The third-order valence-electron chi connectivity index (χ3n) is 6.28. The molecule has 0 bridgehead atoms. The van der Waals surface area contributed by atoms with E-state index in [0.29, 0.717) is 5.75 Å². The molecule has 1 rings (SSSR count). The van der Waals surface area contributed by atoms with Crippen LogP contribution in [0.1, 0.15) is 70.3 Å². The lowest BCUT2D eigenvalue weighted by atomic mass is 10.0. The van der Waals surface area contributed by atoms with Crippen LogP contribution in [0.5, 0.6) is 5.75 Å². The maximum atomic E-state index is 13.6. The Morgan fingerprint density at radius 2 is 1.40 bits per heavy atom. The van der Waals surface area contributed by atoms with E-state index in [9.17, 15) is 49.1 Å². The van der Waals surface area contributed by atoms with E-state index in [1.165, 1.54) is 32.1 Å². The van der Waals surface area contributed by atoms with Gasteiger partial charge in [-0.25, -0.2) is 5.26 Å². The molecule has 45 heavy (non-hydrogen) atoms. The molecule has 0 saturated heterocycles. The normalized spacial score (nSPS) is 13.4. The van der Waals surface area contributed by atoms with Gasteiger partial charge in [0.1, 0.15) is 24.2 Å². The molecular weight excluding hydrogens is 655 g/mol. The van der Waals surface area contributed by atoms with Gasteiger partial charge in [0.25, 0.3) is 0 Å². The number of carbonyl (C=O) groups excluding carboxylic acids is 2. The van der Waals surface area contributed by atoms with E-state index in [1.54, 1.807) is 12.1 Å². The van der Waals surface area contributed by atoms with E-state index in [0.717, 1.165) is 24.8 Å². The Labute approximate surface area is 257 Å². The molecule has 0 aliphatic carbocycles. The van der Waals surface area contributed by atoms with Crippen LogP contribution in [-0.2, 0) is 34.9 Å². The monoisotopic (exact) mass is 690 g/mol. The predicted octanol–water partition coefficient (Wildman–Crippen LogP) is 8.13. The molecule has 1 aromatic carbocycles. The van der Waals surface area contributed by atoms with Crippen LogP contribution in [-0.4, -0.2) is 66.2 Å². The molecule has 8 nitrogen and oxygen atoms in total. The minimum Gasteiger partial charge on any atom is -0.490 e. The van der Waals surface area contributed by atoms with E-state index >= 15 is 0 Å². The van der Waals surface area contributed by atoms with Crippen molar-refractivity contribution in [2.45, 2.75) is 100 Å². The summed E-state index contributed by atoms with van der Waals surface area (Å²) in [6.07, 6.45) is -1.10. The van der Waals surface area contributed by atoms with Crippen LogP contribution in [0.3, 0.4) is 0 Å². The third-order valence-corrected chi connectivity index (χ3v) is 7.01. The van der Waals surface area contributed by atoms with E-state index in [4.69, 9.17) is 14.7 Å². The first-order valence-corrected chi connectivity index (χ1v) is 14.7. The Balaban J connectivity index is 2.49. The average molecular weight is 691 g/mol. The molecule has 0 heterocycles. The molecule has 0 radical (unpaired) electrons. The van der Waals surface area contributed by atoms with Gasteiger partial charge in [0.15, 0.2) is 0 Å². The fourth-order valence-electron chi connectivity index (χ4n) is 3.72. The summed E-state index contributed by atoms with van der Waals surface area (Å²) in [6.45, 7) is -0.0302. The van der Waals surface area contributed by atoms with Crippen molar-refractivity contribution in [1.29, 1.82) is 0 Å². The number of carbonyl (C=O) groups is 2. The van der Waals surface area contributed by atoms with Crippen LogP contribution in [0.4, 0.5) is 39.5 Å². The lowest BCUT2D eigenvalue weighted by molar-refractivity contribution is -0.432. The second-order valence-corrected chi connectivity index (χ2v) is 10.7. The van der Waals surface area contributed by atoms with Crippen LogP contribution < -0.4 is 4.74 Å². The number of hydrogen-bond donors (Lipinski definition) is 1. The van der Waals surface area contributed by atoms with Gasteiger partial charge in [-0.05, 0) is 30.5 Å². The molecule has 1 aromatic rings. The van der Waals surface area contributed by atoms with Crippen molar-refractivity contribution >= 4 is 24.0 Å². The zero-order chi connectivity index (χ0) is 34.2. The van der Waals surface area contributed by atoms with Gasteiger partial charge in [-0.15, -0.1) is 4.33 Å². The van der Waals surface area contributed by atoms with Crippen molar-refractivity contribution in [2.24, 2.45) is 0 Å². The van der Waals surface area contributed by atoms with Crippen molar-refractivity contribution in [2.75, 3.05) is 19.8 Å². The van der Waals surface area contributed by atoms with Crippen LogP contribution in [0.2, 0.25) is 0 Å². The van der Waals surface area contributed by atoms with Crippen LogP contribution in [0.25, 0.3) is 0 Å². The Hall–Kier alpha value is -2.44. The number of aryl methyl sites for hydroxylation is 1. The van der Waals surface area contributed by atoms with E-state index in [2.05, 4.69) is 21.0 Å². The van der Waals surface area contributed by atoms with Crippen LogP contribution >= 0.6 is 12.0 Å². The first-order valence-electron chi connectivity index (χ1n) is 13.9. The average Bonchev–Trinajstić information content (AvgIpc) is 2.96. The van der Waals surface area contributed by atoms with Gasteiger partial charge < -0.3 is 14.2 Å². The summed E-state index contributed by atoms with van der Waals surface area (Å²) in [5, 5.41) is 9.68. The number of benzene rings is 1. The molecule has 1 N–H and O–H groups in total. The highest BCUT2D eigenvalue weighted by atomic mass is 32.2. The highest BCUT2D eigenvalue weighted by Crippen LogP contribution is 2.54. The second-order valence-electron chi connectivity index (χ2n) is 9.78. The van der Waals surface area contributed by atoms with Gasteiger partial charge in [0.2, 0.25) is 0 Å². The molecular formula is C27H35F9O8S. The predicted molar refractivity (Wildman–Crippen MR) is 142 cm³/mol. The molecule has 0 saturated carbocycles. The van der Waals surface area contributed by atoms with E-state index < -0.39 is 60.6 Å². The smallest absolute Gasteiger partial charge is 0.460 e. The van der Waals surface area contributed by atoms with Gasteiger partial charge in [0, 0.05) is 0 Å². The zero-order valence-corrected chi connectivity index (χ0v) is 25.0. The van der Waals surface area contributed by atoms with Gasteiger partial charge in [0.05, 0.1) is 31.5 Å². The Kier molecular flexibility index (Phi) is 17.4. The Bertz CT molecular complexity index is 1010. The quantitative estimate of drug-likeness (QED) is 0.0305. The largest absolute Gasteiger partial charge is 0.490 e. The number of rotatable bonds is 23. The maximum Gasteiger partial charge on any atom is 0.460 e. The topological polar surface area (TPSA) is 101 Å². The first-order chi connectivity index (χ1) is 21.0. The molecule has 1 unspecified atom stereocenters. The molecule has 0 aromatic heterocycles. The molecule has 260 valence electrons. The number of ether oxygens (including phenoxy) is 3. The standard InChI is InChI=1S/C27H35F9O8S/c1-2-3-4-5-6-7-8-9-19-10-12-20(13-11-19)40-16-17-41-22(37)18-21(45-44-43-39)23(38)42-15-14-24(28,29)25(30,31)26(32,33)27(34,35)36/h10-13,21,39H,2-9,14-18H2,1H3. The highest BCUT2D eigenvalue weighted by Gasteiger charge is 2.81. The van der Waals surface area contributed by atoms with E-state index in [1.807, 2.05) is 12.1 Å². The zero-order valence-electron chi connectivity index (χ0n) is 24.2. The van der Waals surface area contributed by atoms with Gasteiger partial charge in [-0.3, -0.25) is 9.59 Å². The Morgan fingerprint density at radius 3 is 1.98 bits per heavy atom. The maximum absolute atomic E-state index is 13.6. The summed E-state index contributed by atoms with van der Waals surface area (Å²) in [5.74, 6) is -22.2.